The second kappa shape index (κ2) is 7.11. The Kier molecular flexibility index (Phi) is 5.14. The van der Waals surface area contributed by atoms with Gasteiger partial charge in [0.05, 0.1) is 11.8 Å². The molecule has 0 spiro atoms. The van der Waals surface area contributed by atoms with Gasteiger partial charge in [0, 0.05) is 16.0 Å². The number of carbonyl (C=O) groups is 1. The summed E-state index contributed by atoms with van der Waals surface area (Å²) in [6.45, 7) is 1.87. The van der Waals surface area contributed by atoms with Gasteiger partial charge in [-0.25, -0.2) is 0 Å². The van der Waals surface area contributed by atoms with E-state index in [-0.39, 0.29) is 17.7 Å². The van der Waals surface area contributed by atoms with Crippen LogP contribution in [0.25, 0.3) is 0 Å². The van der Waals surface area contributed by atoms with Crippen molar-refractivity contribution in [2.45, 2.75) is 36.9 Å². The molecule has 1 heterocycles. The van der Waals surface area contributed by atoms with E-state index in [4.69, 9.17) is 27.6 Å². The zero-order valence-corrected chi connectivity index (χ0v) is 14.7. The molecular formula is C15H15Cl2N3O2S. The summed E-state index contributed by atoms with van der Waals surface area (Å²) in [5, 5.41) is 12.3. The third kappa shape index (κ3) is 4.40. The predicted octanol–water partition coefficient (Wildman–Crippen LogP) is 4.22. The van der Waals surface area contributed by atoms with Crippen molar-refractivity contribution < 1.29 is 9.21 Å². The van der Waals surface area contributed by atoms with E-state index in [2.05, 4.69) is 15.5 Å². The summed E-state index contributed by atoms with van der Waals surface area (Å²) in [5.74, 6) is 1.17. The monoisotopic (exact) mass is 371 g/mol. The lowest BCUT2D eigenvalue weighted by Gasteiger charge is -2.15. The number of amides is 1. The number of rotatable bonds is 6. The van der Waals surface area contributed by atoms with E-state index in [1.807, 2.05) is 13.0 Å². The van der Waals surface area contributed by atoms with E-state index in [0.29, 0.717) is 27.1 Å². The van der Waals surface area contributed by atoms with Gasteiger partial charge in [0.15, 0.2) is 0 Å². The summed E-state index contributed by atoms with van der Waals surface area (Å²) in [5.41, 5.74) is 0.822. The topological polar surface area (TPSA) is 68.0 Å². The van der Waals surface area contributed by atoms with Crippen LogP contribution in [-0.4, -0.2) is 21.9 Å². The summed E-state index contributed by atoms with van der Waals surface area (Å²) in [7, 11) is 0. The first kappa shape index (κ1) is 16.6. The Balaban J connectivity index is 1.51. The number of benzene rings is 1. The molecule has 1 N–H and O–H groups in total. The molecule has 1 aromatic heterocycles. The van der Waals surface area contributed by atoms with Crippen LogP contribution in [0.3, 0.4) is 0 Å². The highest BCUT2D eigenvalue weighted by atomic mass is 35.5. The molecule has 122 valence electrons. The van der Waals surface area contributed by atoms with E-state index >= 15 is 0 Å². The molecule has 23 heavy (non-hydrogen) atoms. The maximum absolute atomic E-state index is 12.0. The van der Waals surface area contributed by atoms with Gasteiger partial charge in [0.25, 0.3) is 5.22 Å². The Morgan fingerprint density at radius 2 is 2.22 bits per heavy atom. The highest BCUT2D eigenvalue weighted by molar-refractivity contribution is 7.99. The van der Waals surface area contributed by atoms with Gasteiger partial charge in [-0.05, 0) is 37.5 Å². The highest BCUT2D eigenvalue weighted by Gasteiger charge is 2.29. The molecule has 1 saturated carbocycles. The number of halogens is 2. The molecule has 1 aromatic carbocycles. The maximum Gasteiger partial charge on any atom is 0.277 e. The lowest BCUT2D eigenvalue weighted by Crippen LogP contribution is -2.28. The van der Waals surface area contributed by atoms with Crippen molar-refractivity contribution in [2.24, 2.45) is 0 Å². The van der Waals surface area contributed by atoms with Gasteiger partial charge in [0.2, 0.25) is 11.8 Å². The third-order valence-electron chi connectivity index (χ3n) is 3.48. The van der Waals surface area contributed by atoms with Crippen LogP contribution in [0, 0.1) is 0 Å². The summed E-state index contributed by atoms with van der Waals surface area (Å²) < 4.78 is 5.50. The van der Waals surface area contributed by atoms with Gasteiger partial charge >= 0.3 is 0 Å². The van der Waals surface area contributed by atoms with Crippen LogP contribution in [0.2, 0.25) is 10.0 Å². The van der Waals surface area contributed by atoms with Gasteiger partial charge < -0.3 is 9.73 Å². The molecule has 5 nitrogen and oxygen atoms in total. The lowest BCUT2D eigenvalue weighted by molar-refractivity contribution is -0.119. The molecule has 1 aliphatic carbocycles. The molecule has 3 rings (SSSR count). The quantitative estimate of drug-likeness (QED) is 0.769. The zero-order chi connectivity index (χ0) is 16.4. The largest absolute Gasteiger partial charge is 0.416 e. The van der Waals surface area contributed by atoms with Crippen LogP contribution in [-0.2, 0) is 4.79 Å². The summed E-state index contributed by atoms with van der Waals surface area (Å²) in [6, 6.07) is 5.01. The first-order chi connectivity index (χ1) is 11.0. The average molecular weight is 372 g/mol. The second-order valence-electron chi connectivity index (χ2n) is 5.42. The first-order valence-electron chi connectivity index (χ1n) is 7.23. The Labute approximate surface area is 148 Å². The van der Waals surface area contributed by atoms with Crippen LogP contribution in [0.1, 0.15) is 43.2 Å². The van der Waals surface area contributed by atoms with Crippen molar-refractivity contribution >= 4 is 40.9 Å². The SMILES string of the molecule is C[C@@H](NC(=O)CSc1nnc(C2CC2)o1)c1ccc(Cl)cc1Cl. The Bertz CT molecular complexity index is 718. The van der Waals surface area contributed by atoms with Gasteiger partial charge in [-0.1, -0.05) is 41.0 Å². The van der Waals surface area contributed by atoms with Crippen molar-refractivity contribution in [2.75, 3.05) is 5.75 Å². The molecule has 1 aliphatic rings. The molecule has 0 unspecified atom stereocenters. The molecule has 8 heteroatoms. The molecule has 0 radical (unpaired) electrons. The normalized spacial score (nSPS) is 15.4. The van der Waals surface area contributed by atoms with E-state index in [0.717, 1.165) is 18.4 Å². The van der Waals surface area contributed by atoms with Crippen molar-refractivity contribution in [3.8, 4) is 0 Å². The second-order valence-corrected chi connectivity index (χ2v) is 7.19. The lowest BCUT2D eigenvalue weighted by atomic mass is 10.1. The van der Waals surface area contributed by atoms with Crippen molar-refractivity contribution in [3.05, 3.63) is 39.7 Å². The Hall–Kier alpha value is -1.24. The minimum absolute atomic E-state index is 0.125. The fourth-order valence-electron chi connectivity index (χ4n) is 2.11. The van der Waals surface area contributed by atoms with Gasteiger partial charge in [-0.3, -0.25) is 4.79 Å². The van der Waals surface area contributed by atoms with E-state index < -0.39 is 0 Å². The molecule has 0 bridgehead atoms. The summed E-state index contributed by atoms with van der Waals surface area (Å²) in [6.07, 6.45) is 2.21. The van der Waals surface area contributed by atoms with Crippen LogP contribution >= 0.6 is 35.0 Å². The summed E-state index contributed by atoms with van der Waals surface area (Å²) >= 11 is 13.3. The first-order valence-corrected chi connectivity index (χ1v) is 8.97. The molecule has 1 fully saturated rings. The Morgan fingerprint density at radius 1 is 1.43 bits per heavy atom. The number of nitrogens with zero attached hydrogens (tertiary/aromatic N) is 2. The van der Waals surface area contributed by atoms with E-state index in [1.165, 1.54) is 11.8 Å². The fraction of sp³-hybridized carbons (Fsp3) is 0.400. The predicted molar refractivity (Wildman–Crippen MR) is 90.0 cm³/mol. The molecule has 2 aromatic rings. The fourth-order valence-corrected chi connectivity index (χ4v) is 3.27. The van der Waals surface area contributed by atoms with Crippen LogP contribution in [0.15, 0.2) is 27.8 Å². The average Bonchev–Trinajstić information content (AvgIpc) is 3.24. The standard InChI is InChI=1S/C15H15Cl2N3O2S/c1-8(11-5-4-10(16)6-12(11)17)18-13(21)7-23-15-20-19-14(22-15)9-2-3-9/h4-6,8-9H,2-3,7H2,1H3,(H,18,21)/t8-/m1/s1. The highest BCUT2D eigenvalue weighted by Crippen LogP contribution is 2.39. The molecule has 1 amide bonds. The molecular weight excluding hydrogens is 357 g/mol. The van der Waals surface area contributed by atoms with E-state index in [9.17, 15) is 4.79 Å². The number of aromatic nitrogens is 2. The minimum Gasteiger partial charge on any atom is -0.416 e. The van der Waals surface area contributed by atoms with Crippen molar-refractivity contribution in [1.82, 2.24) is 15.5 Å². The van der Waals surface area contributed by atoms with Gasteiger partial charge in [0.1, 0.15) is 0 Å². The summed E-state index contributed by atoms with van der Waals surface area (Å²) in [4.78, 5) is 12.0. The zero-order valence-electron chi connectivity index (χ0n) is 12.4. The van der Waals surface area contributed by atoms with Crippen molar-refractivity contribution in [1.29, 1.82) is 0 Å². The number of thioether (sulfide) groups is 1. The van der Waals surface area contributed by atoms with Gasteiger partial charge in [-0.2, -0.15) is 0 Å². The maximum atomic E-state index is 12.0. The Morgan fingerprint density at radius 3 is 2.91 bits per heavy atom. The number of carbonyl (C=O) groups excluding carboxylic acids is 1. The van der Waals surface area contributed by atoms with Crippen molar-refractivity contribution in [3.63, 3.8) is 0 Å². The number of hydrogen-bond donors (Lipinski definition) is 1. The third-order valence-corrected chi connectivity index (χ3v) is 4.86. The number of nitrogens with one attached hydrogen (secondary N) is 1. The molecule has 1 atom stereocenters. The smallest absolute Gasteiger partial charge is 0.277 e. The van der Waals surface area contributed by atoms with E-state index in [1.54, 1.807) is 12.1 Å². The van der Waals surface area contributed by atoms with Crippen LogP contribution in [0.4, 0.5) is 0 Å². The van der Waals surface area contributed by atoms with Crippen LogP contribution in [0.5, 0.6) is 0 Å². The van der Waals surface area contributed by atoms with Gasteiger partial charge in [-0.15, -0.1) is 10.2 Å². The molecule has 0 saturated heterocycles. The minimum atomic E-state index is -0.211. The molecule has 0 aliphatic heterocycles. The van der Waals surface area contributed by atoms with Crippen LogP contribution < -0.4 is 5.32 Å². The number of hydrogen-bond acceptors (Lipinski definition) is 5.